The maximum atomic E-state index is 12.7. The van der Waals surface area contributed by atoms with Crippen molar-refractivity contribution in [2.24, 2.45) is 0 Å². The topological polar surface area (TPSA) is 128 Å². The van der Waals surface area contributed by atoms with Crippen LogP contribution in [0.25, 0.3) is 0 Å². The van der Waals surface area contributed by atoms with Gasteiger partial charge in [-0.05, 0) is 70.3 Å². The quantitative estimate of drug-likeness (QED) is 0.0113. The summed E-state index contributed by atoms with van der Waals surface area (Å²) in [5, 5.41) is 0. The van der Waals surface area contributed by atoms with Gasteiger partial charge in [0.2, 0.25) is 0 Å². The Hall–Kier alpha value is -2.62. The van der Waals surface area contributed by atoms with Crippen LogP contribution < -0.4 is 4.89 Å². The molecule has 0 rings (SSSR count). The summed E-state index contributed by atoms with van der Waals surface area (Å²) in [6, 6.07) is 0. The summed E-state index contributed by atoms with van der Waals surface area (Å²) in [6.07, 6.45) is 41.1. The van der Waals surface area contributed by atoms with Crippen LogP contribution in [0.5, 0.6) is 0 Å². The number of unbranched alkanes of at least 4 members (excludes halogenated alkanes) is 14. The van der Waals surface area contributed by atoms with Crippen molar-refractivity contribution < 1.29 is 46.8 Å². The zero-order valence-corrected chi connectivity index (χ0v) is 37.4. The molecule has 0 radical (unpaired) electrons. The number of quaternary nitrogens is 1. The predicted molar refractivity (Wildman–Crippen MR) is 231 cm³/mol. The van der Waals surface area contributed by atoms with Gasteiger partial charge < -0.3 is 27.9 Å². The zero-order chi connectivity index (χ0) is 42.3. The summed E-state index contributed by atoms with van der Waals surface area (Å²) in [7, 11) is 1.03. The van der Waals surface area contributed by atoms with E-state index in [9.17, 15) is 23.8 Å². The highest BCUT2D eigenvalue weighted by molar-refractivity contribution is 7.45. The van der Waals surface area contributed by atoms with E-state index in [0.717, 1.165) is 44.9 Å². The fraction of sp³-hybridized carbons (Fsp3) is 0.717. The molecule has 0 spiro atoms. The van der Waals surface area contributed by atoms with Crippen molar-refractivity contribution in [2.75, 3.05) is 47.5 Å². The van der Waals surface area contributed by atoms with Crippen molar-refractivity contribution in [1.82, 2.24) is 0 Å². The molecule has 0 bridgehead atoms. The summed E-state index contributed by atoms with van der Waals surface area (Å²) >= 11 is 0. The van der Waals surface area contributed by atoms with Crippen molar-refractivity contribution in [3.05, 3.63) is 60.8 Å². The summed E-state index contributed by atoms with van der Waals surface area (Å²) in [6.45, 7) is 3.89. The molecule has 0 saturated heterocycles. The molecule has 0 aromatic rings. The van der Waals surface area contributed by atoms with Crippen LogP contribution in [0.1, 0.15) is 162 Å². The molecule has 0 fully saturated rings. The highest BCUT2D eigenvalue weighted by Gasteiger charge is 2.21. The zero-order valence-electron chi connectivity index (χ0n) is 36.5. The maximum absolute atomic E-state index is 12.7. The lowest BCUT2D eigenvalue weighted by atomic mass is 10.1. The van der Waals surface area contributed by atoms with Crippen LogP contribution in [-0.2, 0) is 37.5 Å². The monoisotopic (exact) mass is 822 g/mol. The van der Waals surface area contributed by atoms with E-state index < -0.39 is 32.5 Å². The molecule has 0 aliphatic heterocycles. The van der Waals surface area contributed by atoms with Crippen LogP contribution in [0.15, 0.2) is 60.8 Å². The van der Waals surface area contributed by atoms with E-state index in [-0.39, 0.29) is 44.7 Å². The van der Waals surface area contributed by atoms with Gasteiger partial charge in [0.1, 0.15) is 19.8 Å². The molecule has 1 unspecified atom stereocenters. The Labute approximate surface area is 347 Å². The number of likely N-dealkylation sites (N-methyl/N-ethyl adjacent to an activating group) is 1. The molecular weight excluding hydrogens is 741 g/mol. The van der Waals surface area contributed by atoms with Crippen molar-refractivity contribution in [2.45, 2.75) is 168 Å². The highest BCUT2D eigenvalue weighted by Crippen LogP contribution is 2.38. The number of carbonyl (C=O) groups excluding carboxylic acids is 3. The number of ketones is 1. The van der Waals surface area contributed by atoms with Gasteiger partial charge in [0.15, 0.2) is 11.9 Å². The number of hydrogen-bond acceptors (Lipinski definition) is 9. The van der Waals surface area contributed by atoms with Gasteiger partial charge in [0.25, 0.3) is 7.82 Å². The van der Waals surface area contributed by atoms with Gasteiger partial charge >= 0.3 is 11.9 Å². The Morgan fingerprint density at radius 2 is 1.12 bits per heavy atom. The van der Waals surface area contributed by atoms with E-state index in [1.54, 1.807) is 6.08 Å². The third kappa shape index (κ3) is 41.3. The summed E-state index contributed by atoms with van der Waals surface area (Å²) in [4.78, 5) is 49.7. The number of esters is 2. The van der Waals surface area contributed by atoms with E-state index in [2.05, 4.69) is 50.3 Å². The van der Waals surface area contributed by atoms with Crippen molar-refractivity contribution in [3.63, 3.8) is 0 Å². The van der Waals surface area contributed by atoms with Crippen molar-refractivity contribution in [3.8, 4) is 0 Å². The average molecular weight is 822 g/mol. The lowest BCUT2D eigenvalue weighted by molar-refractivity contribution is -0.870. The molecule has 0 N–H and O–H groups in total. The number of nitrogens with zero attached hydrogens (tertiary/aromatic N) is 1. The number of phosphoric ester groups is 1. The first-order valence-corrected chi connectivity index (χ1v) is 23.4. The summed E-state index contributed by atoms with van der Waals surface area (Å²) < 4.78 is 33.6. The highest BCUT2D eigenvalue weighted by atomic mass is 31.2. The normalized spacial score (nSPS) is 14.1. The Bertz CT molecular complexity index is 1220. The van der Waals surface area contributed by atoms with Gasteiger partial charge in [-0.3, -0.25) is 18.9 Å². The maximum Gasteiger partial charge on any atom is 0.306 e. The first kappa shape index (κ1) is 54.4. The van der Waals surface area contributed by atoms with Gasteiger partial charge in [-0.1, -0.05) is 133 Å². The minimum absolute atomic E-state index is 0.0151. The largest absolute Gasteiger partial charge is 0.756 e. The van der Waals surface area contributed by atoms with Crippen LogP contribution in [0.3, 0.4) is 0 Å². The molecule has 328 valence electrons. The number of carbonyl (C=O) groups is 3. The molecule has 0 saturated carbocycles. The van der Waals surface area contributed by atoms with E-state index in [0.29, 0.717) is 17.4 Å². The lowest BCUT2D eigenvalue weighted by Crippen LogP contribution is -2.37. The molecule has 0 aromatic heterocycles. The molecule has 0 heterocycles. The second kappa shape index (κ2) is 37.6. The van der Waals surface area contributed by atoms with E-state index in [1.807, 2.05) is 33.3 Å². The van der Waals surface area contributed by atoms with Gasteiger partial charge in [-0.2, -0.15) is 0 Å². The van der Waals surface area contributed by atoms with Crippen LogP contribution in [0, 0.1) is 0 Å². The Kier molecular flexibility index (Phi) is 35.9. The van der Waals surface area contributed by atoms with Crippen LogP contribution >= 0.6 is 7.82 Å². The fourth-order valence-electron chi connectivity index (χ4n) is 5.48. The fourth-order valence-corrected chi connectivity index (χ4v) is 6.21. The lowest BCUT2D eigenvalue weighted by Gasteiger charge is -2.28. The molecule has 0 aliphatic carbocycles. The molecular formula is C46H80NO9P. The van der Waals surface area contributed by atoms with Crippen LogP contribution in [-0.4, -0.2) is 75.8 Å². The molecule has 0 aliphatic rings. The SMILES string of the molecule is CCCCC/C=C\C/C=C\C/C=C\C=C\C(=O)CCCC(=O)OC[C@H](COP(=O)([O-])OCC[N+](C)(C)C)OC(=O)CCCCCCCCC/C=C\CCCCCC. The Morgan fingerprint density at radius 1 is 0.596 bits per heavy atom. The summed E-state index contributed by atoms with van der Waals surface area (Å²) in [5.41, 5.74) is 0. The second-order valence-electron chi connectivity index (χ2n) is 15.7. The first-order chi connectivity index (χ1) is 27.4. The number of hydrogen-bond donors (Lipinski definition) is 0. The van der Waals surface area contributed by atoms with E-state index >= 15 is 0 Å². The standard InChI is InChI=1S/C46H80NO9P/c1-6-8-10-12-14-16-18-20-21-23-25-27-29-31-33-37-46(50)56-44(42-55-57(51,52)54-40-39-47(3,4)5)41-53-45(49)38-34-36-43(48)35-32-30-28-26-24-22-19-17-15-13-11-9-7-2/h15-18,22,24,28,30,32,35,44H,6-14,19-21,23,25-27,29,31,33-34,36-42H2,1-5H3/b17-15-,18-16-,24-22-,30-28-,35-32+/t44-/m1/s1. The van der Waals surface area contributed by atoms with Gasteiger partial charge in [-0.25, -0.2) is 0 Å². The molecule has 0 amide bonds. The van der Waals surface area contributed by atoms with Gasteiger partial charge in [0.05, 0.1) is 27.7 Å². The first-order valence-electron chi connectivity index (χ1n) is 21.9. The number of allylic oxidation sites excluding steroid dienone is 10. The number of phosphoric acid groups is 1. The van der Waals surface area contributed by atoms with Crippen molar-refractivity contribution >= 4 is 25.5 Å². The average Bonchev–Trinajstić information content (AvgIpc) is 3.15. The van der Waals surface area contributed by atoms with E-state index in [1.165, 1.54) is 76.7 Å². The third-order valence-electron chi connectivity index (χ3n) is 8.99. The second-order valence-corrected chi connectivity index (χ2v) is 17.1. The molecule has 2 atom stereocenters. The van der Waals surface area contributed by atoms with Crippen molar-refractivity contribution in [1.29, 1.82) is 0 Å². The van der Waals surface area contributed by atoms with E-state index in [4.69, 9.17) is 18.5 Å². The number of rotatable bonds is 39. The van der Waals surface area contributed by atoms with Crippen LogP contribution in [0.2, 0.25) is 0 Å². The summed E-state index contributed by atoms with van der Waals surface area (Å²) in [5.74, 6) is -1.21. The molecule has 0 aromatic carbocycles. The Morgan fingerprint density at radius 3 is 1.77 bits per heavy atom. The minimum Gasteiger partial charge on any atom is -0.756 e. The van der Waals surface area contributed by atoms with Crippen LogP contribution in [0.4, 0.5) is 0 Å². The minimum atomic E-state index is -4.68. The third-order valence-corrected chi connectivity index (χ3v) is 9.95. The molecule has 10 nitrogen and oxygen atoms in total. The molecule has 11 heteroatoms. The smallest absolute Gasteiger partial charge is 0.306 e. The Balaban J connectivity index is 4.57. The molecule has 57 heavy (non-hydrogen) atoms. The number of ether oxygens (including phenoxy) is 2. The van der Waals surface area contributed by atoms with Gasteiger partial charge in [0, 0.05) is 19.3 Å². The van der Waals surface area contributed by atoms with Gasteiger partial charge in [-0.15, -0.1) is 0 Å². The predicted octanol–water partition coefficient (Wildman–Crippen LogP) is 11.0.